The predicted octanol–water partition coefficient (Wildman–Crippen LogP) is 0.612. The SMILES string of the molecule is CCN(C(=O)COC(=O)CNC(=O)c1ccc(C)c(C)c1)[C@H]1CCS(=O)(=O)C1. The minimum Gasteiger partial charge on any atom is -0.454 e. The quantitative estimate of drug-likeness (QED) is 0.660. The molecule has 0 aliphatic carbocycles. The third-order valence-corrected chi connectivity index (χ3v) is 6.58. The van der Waals surface area contributed by atoms with Crippen molar-refractivity contribution in [3.05, 3.63) is 34.9 Å². The molecule has 0 aromatic heterocycles. The smallest absolute Gasteiger partial charge is 0.325 e. The Balaban J connectivity index is 1.80. The molecule has 0 radical (unpaired) electrons. The third kappa shape index (κ3) is 5.79. The molecule has 28 heavy (non-hydrogen) atoms. The molecule has 1 atom stereocenters. The maximum atomic E-state index is 12.3. The van der Waals surface area contributed by atoms with E-state index < -0.39 is 34.2 Å². The van der Waals surface area contributed by atoms with Gasteiger partial charge in [0.1, 0.15) is 6.54 Å². The number of sulfone groups is 1. The maximum Gasteiger partial charge on any atom is 0.325 e. The highest BCUT2D eigenvalue weighted by molar-refractivity contribution is 7.91. The number of rotatable bonds is 7. The normalized spacial score (nSPS) is 17.8. The Morgan fingerprint density at radius 2 is 1.93 bits per heavy atom. The van der Waals surface area contributed by atoms with Crippen LogP contribution in [0.25, 0.3) is 0 Å². The van der Waals surface area contributed by atoms with E-state index >= 15 is 0 Å². The van der Waals surface area contributed by atoms with Crippen molar-refractivity contribution in [1.29, 1.82) is 0 Å². The van der Waals surface area contributed by atoms with Crippen LogP contribution >= 0.6 is 0 Å². The monoisotopic (exact) mass is 410 g/mol. The summed E-state index contributed by atoms with van der Waals surface area (Å²) in [7, 11) is -3.11. The second kappa shape index (κ2) is 9.18. The van der Waals surface area contributed by atoms with Crippen LogP contribution in [-0.4, -0.2) is 68.3 Å². The lowest BCUT2D eigenvalue weighted by Gasteiger charge is -2.26. The lowest BCUT2D eigenvalue weighted by Crippen LogP contribution is -2.43. The Kier molecular flexibility index (Phi) is 7.17. The highest BCUT2D eigenvalue weighted by Gasteiger charge is 2.34. The number of benzene rings is 1. The van der Waals surface area contributed by atoms with Crippen LogP contribution in [0.2, 0.25) is 0 Å². The van der Waals surface area contributed by atoms with E-state index in [2.05, 4.69) is 5.32 Å². The van der Waals surface area contributed by atoms with Gasteiger partial charge >= 0.3 is 5.97 Å². The van der Waals surface area contributed by atoms with Gasteiger partial charge in [-0.05, 0) is 50.5 Å². The summed E-state index contributed by atoms with van der Waals surface area (Å²) >= 11 is 0. The summed E-state index contributed by atoms with van der Waals surface area (Å²) in [5.74, 6) is -1.59. The molecule has 0 spiro atoms. The molecule has 1 aliphatic heterocycles. The number of nitrogens with zero attached hydrogens (tertiary/aromatic N) is 1. The van der Waals surface area contributed by atoms with Gasteiger partial charge < -0.3 is 15.0 Å². The molecule has 154 valence electrons. The molecule has 0 unspecified atom stereocenters. The van der Waals surface area contributed by atoms with Crippen LogP contribution in [0.5, 0.6) is 0 Å². The largest absolute Gasteiger partial charge is 0.454 e. The summed E-state index contributed by atoms with van der Waals surface area (Å²) in [6, 6.07) is 4.84. The van der Waals surface area contributed by atoms with Gasteiger partial charge in [0.05, 0.1) is 11.5 Å². The molecule has 0 bridgehead atoms. The molecule has 8 nitrogen and oxygen atoms in total. The van der Waals surface area contributed by atoms with Gasteiger partial charge in [-0.1, -0.05) is 6.07 Å². The fourth-order valence-corrected chi connectivity index (χ4v) is 4.80. The second-order valence-electron chi connectivity index (χ2n) is 6.88. The number of nitrogens with one attached hydrogen (secondary N) is 1. The van der Waals surface area contributed by atoms with Crippen molar-refractivity contribution in [2.75, 3.05) is 31.2 Å². The topological polar surface area (TPSA) is 110 Å². The first kappa shape index (κ1) is 21.9. The minimum atomic E-state index is -3.11. The molecular formula is C19H26N2O6S. The third-order valence-electron chi connectivity index (χ3n) is 4.83. The number of esters is 1. The van der Waals surface area contributed by atoms with E-state index in [0.29, 0.717) is 18.5 Å². The zero-order valence-electron chi connectivity index (χ0n) is 16.4. The first-order chi connectivity index (χ1) is 13.1. The van der Waals surface area contributed by atoms with E-state index in [4.69, 9.17) is 4.74 Å². The summed E-state index contributed by atoms with van der Waals surface area (Å²) in [5, 5.41) is 2.46. The molecule has 1 N–H and O–H groups in total. The molecule has 2 rings (SSSR count). The predicted molar refractivity (Wildman–Crippen MR) is 104 cm³/mol. The van der Waals surface area contributed by atoms with Crippen LogP contribution < -0.4 is 5.32 Å². The number of aryl methyl sites for hydroxylation is 2. The molecule has 1 fully saturated rings. The zero-order chi connectivity index (χ0) is 20.9. The summed E-state index contributed by atoms with van der Waals surface area (Å²) in [6.45, 7) is 5.06. The molecule has 1 aromatic rings. The van der Waals surface area contributed by atoms with Crippen LogP contribution in [0, 0.1) is 13.8 Å². The Hall–Kier alpha value is -2.42. The van der Waals surface area contributed by atoms with Crippen LogP contribution in [-0.2, 0) is 24.2 Å². The van der Waals surface area contributed by atoms with E-state index in [1.54, 1.807) is 19.1 Å². The molecule has 2 amide bonds. The number of amides is 2. The molecular weight excluding hydrogens is 384 g/mol. The minimum absolute atomic E-state index is 0.0613. The number of carbonyl (C=O) groups excluding carboxylic acids is 3. The van der Waals surface area contributed by atoms with Crippen LogP contribution in [0.4, 0.5) is 0 Å². The van der Waals surface area contributed by atoms with E-state index in [9.17, 15) is 22.8 Å². The molecule has 1 heterocycles. The van der Waals surface area contributed by atoms with Gasteiger partial charge in [-0.2, -0.15) is 0 Å². The Labute approximate surface area is 165 Å². The van der Waals surface area contributed by atoms with Gasteiger partial charge in [-0.15, -0.1) is 0 Å². The van der Waals surface area contributed by atoms with Crippen molar-refractivity contribution in [2.24, 2.45) is 0 Å². The highest BCUT2D eigenvalue weighted by atomic mass is 32.2. The first-order valence-corrected chi connectivity index (χ1v) is 11.0. The van der Waals surface area contributed by atoms with Crippen molar-refractivity contribution in [1.82, 2.24) is 10.2 Å². The summed E-state index contributed by atoms with van der Waals surface area (Å²) < 4.78 is 28.1. The highest BCUT2D eigenvalue weighted by Crippen LogP contribution is 2.17. The van der Waals surface area contributed by atoms with Crippen LogP contribution in [0.3, 0.4) is 0 Å². The van der Waals surface area contributed by atoms with Crippen molar-refractivity contribution < 1.29 is 27.5 Å². The van der Waals surface area contributed by atoms with Crippen molar-refractivity contribution in [2.45, 2.75) is 33.2 Å². The van der Waals surface area contributed by atoms with Gasteiger partial charge in [0, 0.05) is 18.2 Å². The molecule has 1 saturated heterocycles. The van der Waals surface area contributed by atoms with Gasteiger partial charge in [0.15, 0.2) is 16.4 Å². The van der Waals surface area contributed by atoms with E-state index in [-0.39, 0.29) is 24.1 Å². The lowest BCUT2D eigenvalue weighted by atomic mass is 10.1. The molecule has 9 heteroatoms. The maximum absolute atomic E-state index is 12.3. The average molecular weight is 410 g/mol. The molecule has 1 aliphatic rings. The number of carbonyl (C=O) groups is 3. The van der Waals surface area contributed by atoms with Gasteiger partial charge in [-0.25, -0.2) is 8.42 Å². The van der Waals surface area contributed by atoms with Gasteiger partial charge in [0.25, 0.3) is 11.8 Å². The summed E-state index contributed by atoms with van der Waals surface area (Å²) in [6.07, 6.45) is 0.391. The Bertz CT molecular complexity index is 865. The number of hydrogen-bond acceptors (Lipinski definition) is 6. The van der Waals surface area contributed by atoms with Crippen molar-refractivity contribution >= 4 is 27.6 Å². The fourth-order valence-electron chi connectivity index (χ4n) is 3.07. The molecule has 1 aromatic carbocycles. The van der Waals surface area contributed by atoms with E-state index in [1.807, 2.05) is 19.9 Å². The number of hydrogen-bond donors (Lipinski definition) is 1. The second-order valence-corrected chi connectivity index (χ2v) is 9.11. The average Bonchev–Trinajstić information content (AvgIpc) is 3.00. The van der Waals surface area contributed by atoms with E-state index in [1.165, 1.54) is 4.90 Å². The standard InChI is InChI=1S/C19H26N2O6S/c1-4-21(16-7-8-28(25,26)12-16)17(22)11-27-18(23)10-20-19(24)15-6-5-13(2)14(3)9-15/h5-6,9,16H,4,7-8,10-12H2,1-3H3,(H,20,24)/t16-/m0/s1. The van der Waals surface area contributed by atoms with Crippen molar-refractivity contribution in [3.63, 3.8) is 0 Å². The number of ether oxygens (including phenoxy) is 1. The van der Waals surface area contributed by atoms with Crippen molar-refractivity contribution in [3.8, 4) is 0 Å². The lowest BCUT2D eigenvalue weighted by molar-refractivity contribution is -0.151. The summed E-state index contributed by atoms with van der Waals surface area (Å²) in [5.41, 5.74) is 2.46. The van der Waals surface area contributed by atoms with Gasteiger partial charge in [-0.3, -0.25) is 14.4 Å². The van der Waals surface area contributed by atoms with Crippen LogP contribution in [0.15, 0.2) is 18.2 Å². The Morgan fingerprint density at radius 3 is 2.50 bits per heavy atom. The van der Waals surface area contributed by atoms with Gasteiger partial charge in [0.2, 0.25) is 0 Å². The summed E-state index contributed by atoms with van der Waals surface area (Å²) in [4.78, 5) is 37.6. The Morgan fingerprint density at radius 1 is 1.21 bits per heavy atom. The molecule has 0 saturated carbocycles. The van der Waals surface area contributed by atoms with E-state index in [0.717, 1.165) is 11.1 Å². The number of likely N-dealkylation sites (N-methyl/N-ethyl adjacent to an activating group) is 1. The zero-order valence-corrected chi connectivity index (χ0v) is 17.2. The fraction of sp³-hybridized carbons (Fsp3) is 0.526. The first-order valence-electron chi connectivity index (χ1n) is 9.14. The van der Waals surface area contributed by atoms with Crippen LogP contribution in [0.1, 0.15) is 34.8 Å².